The minimum atomic E-state index is -3.97. The first-order chi connectivity index (χ1) is 16.8. The number of sulfonamides is 1. The third-order valence-electron chi connectivity index (χ3n) is 5.59. The number of rotatable bonds is 11. The SMILES string of the molecule is CCC(C)NC(=O)C(CC)N(Cc1ccc(Cl)cc1)C(=O)CN(c1cc(Cl)c(Cl)cc1Cl)S(C)(=O)=O. The van der Waals surface area contributed by atoms with Gasteiger partial charge < -0.3 is 10.2 Å². The zero-order valence-corrected chi connectivity index (χ0v) is 24.2. The fourth-order valence-corrected chi connectivity index (χ4v) is 5.12. The second-order valence-corrected chi connectivity index (χ2v) is 11.9. The molecule has 0 saturated heterocycles. The van der Waals surface area contributed by atoms with Crippen molar-refractivity contribution < 1.29 is 18.0 Å². The maximum atomic E-state index is 13.7. The van der Waals surface area contributed by atoms with Crippen molar-refractivity contribution in [1.29, 1.82) is 0 Å². The van der Waals surface area contributed by atoms with Gasteiger partial charge in [-0.1, -0.05) is 72.4 Å². The van der Waals surface area contributed by atoms with Crippen LogP contribution in [0.25, 0.3) is 0 Å². The van der Waals surface area contributed by atoms with Crippen molar-refractivity contribution in [1.82, 2.24) is 10.2 Å². The molecule has 0 heterocycles. The summed E-state index contributed by atoms with van der Waals surface area (Å²) in [6.07, 6.45) is 1.98. The first-order valence-corrected chi connectivity index (χ1v) is 14.6. The highest BCUT2D eigenvalue weighted by molar-refractivity contribution is 7.92. The van der Waals surface area contributed by atoms with E-state index in [1.807, 2.05) is 13.8 Å². The van der Waals surface area contributed by atoms with Crippen molar-refractivity contribution in [3.8, 4) is 0 Å². The molecule has 12 heteroatoms. The molecule has 0 radical (unpaired) electrons. The molecule has 0 aliphatic carbocycles. The first-order valence-electron chi connectivity index (χ1n) is 11.2. The summed E-state index contributed by atoms with van der Waals surface area (Å²) in [5, 5.41) is 3.66. The molecule has 36 heavy (non-hydrogen) atoms. The summed E-state index contributed by atoms with van der Waals surface area (Å²) in [4.78, 5) is 28.2. The van der Waals surface area contributed by atoms with E-state index in [4.69, 9.17) is 46.4 Å². The van der Waals surface area contributed by atoms with Gasteiger partial charge in [-0.25, -0.2) is 8.42 Å². The lowest BCUT2D eigenvalue weighted by molar-refractivity contribution is -0.140. The van der Waals surface area contributed by atoms with Crippen LogP contribution in [-0.2, 0) is 26.2 Å². The monoisotopic (exact) mass is 595 g/mol. The Morgan fingerprint density at radius 1 is 0.944 bits per heavy atom. The molecule has 0 saturated carbocycles. The predicted octanol–water partition coefficient (Wildman–Crippen LogP) is 5.79. The van der Waals surface area contributed by atoms with E-state index in [0.717, 1.165) is 16.1 Å². The fraction of sp³-hybridized carbons (Fsp3) is 0.417. The molecule has 0 aromatic heterocycles. The van der Waals surface area contributed by atoms with Crippen LogP contribution < -0.4 is 9.62 Å². The molecular weight excluding hydrogens is 568 g/mol. The van der Waals surface area contributed by atoms with Crippen LogP contribution >= 0.6 is 46.4 Å². The summed E-state index contributed by atoms with van der Waals surface area (Å²) in [5.41, 5.74) is 0.728. The van der Waals surface area contributed by atoms with Gasteiger partial charge in [0.05, 0.1) is 27.0 Å². The number of hydrogen-bond donors (Lipinski definition) is 1. The molecule has 2 amide bonds. The second kappa shape index (κ2) is 13.2. The number of benzene rings is 2. The number of hydrogen-bond acceptors (Lipinski definition) is 4. The van der Waals surface area contributed by atoms with Crippen LogP contribution in [0.3, 0.4) is 0 Å². The Morgan fingerprint density at radius 2 is 1.53 bits per heavy atom. The average molecular weight is 597 g/mol. The highest BCUT2D eigenvalue weighted by Crippen LogP contribution is 2.35. The Bertz CT molecular complexity index is 1190. The van der Waals surface area contributed by atoms with Gasteiger partial charge in [0.1, 0.15) is 12.6 Å². The molecule has 0 spiro atoms. The van der Waals surface area contributed by atoms with Gasteiger partial charge in [0.15, 0.2) is 0 Å². The highest BCUT2D eigenvalue weighted by atomic mass is 35.5. The number of nitrogens with one attached hydrogen (secondary N) is 1. The molecule has 2 aromatic rings. The lowest BCUT2D eigenvalue weighted by atomic mass is 10.1. The molecule has 0 bridgehead atoms. The van der Waals surface area contributed by atoms with Crippen molar-refractivity contribution in [2.45, 2.75) is 52.2 Å². The van der Waals surface area contributed by atoms with Crippen LogP contribution in [0.2, 0.25) is 20.1 Å². The molecule has 2 unspecified atom stereocenters. The lowest BCUT2D eigenvalue weighted by Gasteiger charge is -2.33. The smallest absolute Gasteiger partial charge is 0.244 e. The summed E-state index contributed by atoms with van der Waals surface area (Å²) in [6.45, 7) is 5.06. The largest absolute Gasteiger partial charge is 0.352 e. The zero-order valence-electron chi connectivity index (χ0n) is 20.4. The van der Waals surface area contributed by atoms with E-state index in [-0.39, 0.29) is 39.2 Å². The molecule has 0 aliphatic rings. The highest BCUT2D eigenvalue weighted by Gasteiger charge is 2.33. The van der Waals surface area contributed by atoms with Crippen LogP contribution in [0.15, 0.2) is 36.4 Å². The Balaban J connectivity index is 2.50. The number of carbonyl (C=O) groups is 2. The number of anilines is 1. The number of amides is 2. The van der Waals surface area contributed by atoms with Crippen molar-refractivity contribution in [2.75, 3.05) is 17.1 Å². The first kappa shape index (κ1) is 30.5. The van der Waals surface area contributed by atoms with Crippen LogP contribution in [0.5, 0.6) is 0 Å². The predicted molar refractivity (Wildman–Crippen MR) is 148 cm³/mol. The van der Waals surface area contributed by atoms with E-state index in [1.54, 1.807) is 31.2 Å². The minimum Gasteiger partial charge on any atom is -0.352 e. The van der Waals surface area contributed by atoms with Crippen molar-refractivity contribution in [2.24, 2.45) is 0 Å². The zero-order chi connectivity index (χ0) is 27.2. The maximum Gasteiger partial charge on any atom is 0.244 e. The van der Waals surface area contributed by atoms with E-state index in [2.05, 4.69) is 5.32 Å². The Morgan fingerprint density at radius 3 is 2.06 bits per heavy atom. The van der Waals surface area contributed by atoms with E-state index < -0.39 is 28.5 Å². The van der Waals surface area contributed by atoms with Gasteiger partial charge >= 0.3 is 0 Å². The topological polar surface area (TPSA) is 86.8 Å². The maximum absolute atomic E-state index is 13.7. The molecule has 7 nitrogen and oxygen atoms in total. The van der Waals surface area contributed by atoms with Crippen LogP contribution in [0, 0.1) is 0 Å². The number of halogens is 4. The Labute approximate surface area is 232 Å². The van der Waals surface area contributed by atoms with Crippen LogP contribution in [0.1, 0.15) is 39.2 Å². The summed E-state index contributed by atoms with van der Waals surface area (Å²) < 4.78 is 26.3. The number of nitrogens with zero attached hydrogens (tertiary/aromatic N) is 2. The van der Waals surface area contributed by atoms with Gasteiger partial charge in [-0.05, 0) is 49.6 Å². The lowest BCUT2D eigenvalue weighted by Crippen LogP contribution is -2.53. The molecule has 2 atom stereocenters. The van der Waals surface area contributed by atoms with Crippen molar-refractivity contribution in [3.63, 3.8) is 0 Å². The molecule has 1 N–H and O–H groups in total. The molecule has 2 rings (SSSR count). The van der Waals surface area contributed by atoms with Gasteiger partial charge in [0.25, 0.3) is 0 Å². The van der Waals surface area contributed by atoms with Crippen LogP contribution in [0.4, 0.5) is 5.69 Å². The molecule has 0 aliphatic heterocycles. The number of carbonyl (C=O) groups excluding carboxylic acids is 2. The molecule has 0 fully saturated rings. The quantitative estimate of drug-likeness (QED) is 0.333. The van der Waals surface area contributed by atoms with Gasteiger partial charge in [0, 0.05) is 17.6 Å². The average Bonchev–Trinajstić information content (AvgIpc) is 2.80. The summed E-state index contributed by atoms with van der Waals surface area (Å²) in [6, 6.07) is 8.50. The summed E-state index contributed by atoms with van der Waals surface area (Å²) in [5.74, 6) is -0.920. The van der Waals surface area contributed by atoms with Gasteiger partial charge in [-0.15, -0.1) is 0 Å². The van der Waals surface area contributed by atoms with E-state index in [9.17, 15) is 18.0 Å². The molecule has 2 aromatic carbocycles. The van der Waals surface area contributed by atoms with Crippen molar-refractivity contribution >= 4 is 73.9 Å². The standard InChI is InChI=1S/C24H29Cl4N3O4S/c1-5-15(3)29-24(33)21(6-2)30(13-16-7-9-17(25)10-8-16)23(32)14-31(36(4,34)35)22-12-19(27)18(26)11-20(22)28/h7-12,15,21H,5-6,13-14H2,1-4H3,(H,29,33). The van der Waals surface area contributed by atoms with E-state index in [0.29, 0.717) is 17.9 Å². The van der Waals surface area contributed by atoms with Gasteiger partial charge in [0.2, 0.25) is 21.8 Å². The molecular formula is C24H29Cl4N3O4S. The van der Waals surface area contributed by atoms with Gasteiger partial charge in [-0.2, -0.15) is 0 Å². The second-order valence-electron chi connectivity index (χ2n) is 8.38. The Kier molecular flexibility index (Phi) is 11.2. The van der Waals surface area contributed by atoms with E-state index in [1.165, 1.54) is 17.0 Å². The fourth-order valence-electron chi connectivity index (χ4n) is 3.45. The van der Waals surface area contributed by atoms with Crippen LogP contribution in [-0.4, -0.2) is 50.0 Å². The minimum absolute atomic E-state index is 0.00506. The van der Waals surface area contributed by atoms with Gasteiger partial charge in [-0.3, -0.25) is 13.9 Å². The third-order valence-corrected chi connectivity index (χ3v) is 7.99. The normalized spacial score (nSPS) is 13.1. The molecule has 198 valence electrons. The van der Waals surface area contributed by atoms with E-state index >= 15 is 0 Å². The van der Waals surface area contributed by atoms with Crippen molar-refractivity contribution in [3.05, 3.63) is 62.1 Å². The Hall–Kier alpha value is -1.71. The summed E-state index contributed by atoms with van der Waals surface area (Å²) in [7, 11) is -3.97. The summed E-state index contributed by atoms with van der Waals surface area (Å²) >= 11 is 24.4. The third kappa shape index (κ3) is 8.15.